The molecule has 1 aromatic carbocycles. The van der Waals surface area contributed by atoms with Gasteiger partial charge in [-0.2, -0.15) is 4.98 Å². The van der Waals surface area contributed by atoms with Crippen LogP contribution in [-0.4, -0.2) is 22.2 Å². The highest BCUT2D eigenvalue weighted by Gasteiger charge is 2.42. The van der Waals surface area contributed by atoms with Crippen LogP contribution in [0.1, 0.15) is 44.3 Å². The predicted molar refractivity (Wildman–Crippen MR) is 91.6 cm³/mol. The molecule has 1 N–H and O–H groups in total. The summed E-state index contributed by atoms with van der Waals surface area (Å²) >= 11 is 3.38. The highest BCUT2D eigenvalue weighted by molar-refractivity contribution is 9.10. The minimum atomic E-state index is -0.614. The second-order valence-corrected chi connectivity index (χ2v) is 7.05. The van der Waals surface area contributed by atoms with Gasteiger partial charge in [0, 0.05) is 11.4 Å². The van der Waals surface area contributed by atoms with Gasteiger partial charge in [-0.25, -0.2) is 0 Å². The number of hydrogen-bond donors (Lipinski definition) is 1. The molecule has 2 aromatic rings. The van der Waals surface area contributed by atoms with E-state index in [0.717, 1.165) is 30.2 Å². The van der Waals surface area contributed by atoms with E-state index >= 15 is 0 Å². The van der Waals surface area contributed by atoms with Gasteiger partial charge in [-0.05, 0) is 44.0 Å². The molecule has 6 nitrogen and oxygen atoms in total. The van der Waals surface area contributed by atoms with Crippen molar-refractivity contribution in [2.75, 3.05) is 0 Å². The van der Waals surface area contributed by atoms with Crippen LogP contribution in [0.25, 0.3) is 0 Å². The van der Waals surface area contributed by atoms with Crippen molar-refractivity contribution in [3.8, 4) is 5.75 Å². The molecule has 1 atom stereocenters. The van der Waals surface area contributed by atoms with E-state index in [9.17, 15) is 4.79 Å². The Bertz CT molecular complexity index is 708. The van der Waals surface area contributed by atoms with Crippen molar-refractivity contribution in [3.63, 3.8) is 0 Å². The van der Waals surface area contributed by atoms with Crippen LogP contribution in [0.5, 0.6) is 5.75 Å². The lowest BCUT2D eigenvalue weighted by atomic mass is 9.96. The highest BCUT2D eigenvalue weighted by atomic mass is 79.9. The van der Waals surface area contributed by atoms with Crippen LogP contribution >= 0.6 is 15.9 Å². The molecule has 7 heteroatoms. The molecule has 1 saturated carbocycles. The van der Waals surface area contributed by atoms with E-state index in [2.05, 4.69) is 31.4 Å². The van der Waals surface area contributed by atoms with Gasteiger partial charge in [-0.3, -0.25) is 4.79 Å². The number of hydrogen-bond acceptors (Lipinski definition) is 5. The van der Waals surface area contributed by atoms with Gasteiger partial charge in [-0.1, -0.05) is 33.9 Å². The Kier molecular flexibility index (Phi) is 4.89. The summed E-state index contributed by atoms with van der Waals surface area (Å²) in [6.45, 7) is 3.49. The van der Waals surface area contributed by atoms with Crippen molar-refractivity contribution < 1.29 is 14.1 Å². The van der Waals surface area contributed by atoms with Gasteiger partial charge < -0.3 is 14.6 Å². The summed E-state index contributed by atoms with van der Waals surface area (Å²) in [5.41, 5.74) is -0.549. The number of carbonyl (C=O) groups excluding carboxylic acids is 1. The molecule has 1 heterocycles. The Morgan fingerprint density at radius 1 is 1.33 bits per heavy atom. The first-order valence-corrected chi connectivity index (χ1v) is 8.83. The van der Waals surface area contributed by atoms with Crippen LogP contribution in [0.4, 0.5) is 0 Å². The Labute approximate surface area is 149 Å². The summed E-state index contributed by atoms with van der Waals surface area (Å²) < 4.78 is 11.8. The third-order valence-electron chi connectivity index (χ3n) is 4.27. The number of benzene rings is 1. The zero-order valence-electron chi connectivity index (χ0n) is 13.7. The first kappa shape index (κ1) is 17.0. The van der Waals surface area contributed by atoms with E-state index in [1.165, 1.54) is 0 Å². The number of nitrogens with zero attached hydrogens (tertiary/aromatic N) is 2. The minimum absolute atomic E-state index is 0.178. The Hall–Kier alpha value is -1.89. The second-order valence-electron chi connectivity index (χ2n) is 6.13. The molecule has 128 valence electrons. The molecule has 1 fully saturated rings. The average molecular weight is 394 g/mol. The van der Waals surface area contributed by atoms with Crippen LogP contribution in [0.3, 0.4) is 0 Å². The predicted octanol–water partition coefficient (Wildman–Crippen LogP) is 3.49. The van der Waals surface area contributed by atoms with Crippen LogP contribution in [-0.2, 0) is 10.3 Å². The minimum Gasteiger partial charge on any atom is -0.481 e. The SMILES string of the molecule is Cc1nc(C2(NC(=O)C(C)Oc3ccc(Br)cc3)CCCC2)no1. The van der Waals surface area contributed by atoms with E-state index < -0.39 is 11.6 Å². The number of aryl methyl sites for hydroxylation is 1. The van der Waals surface area contributed by atoms with E-state index in [1.807, 2.05) is 24.3 Å². The number of carbonyl (C=O) groups is 1. The average Bonchev–Trinajstić information content (AvgIpc) is 3.19. The zero-order chi connectivity index (χ0) is 17.2. The van der Waals surface area contributed by atoms with Crippen molar-refractivity contribution in [3.05, 3.63) is 40.5 Å². The number of nitrogens with one attached hydrogen (secondary N) is 1. The largest absolute Gasteiger partial charge is 0.481 e. The topological polar surface area (TPSA) is 77.2 Å². The molecule has 0 saturated heterocycles. The molecule has 0 spiro atoms. The summed E-state index contributed by atoms with van der Waals surface area (Å²) in [7, 11) is 0. The van der Waals surface area contributed by atoms with Crippen LogP contribution < -0.4 is 10.1 Å². The fraction of sp³-hybridized carbons (Fsp3) is 0.471. The molecule has 0 radical (unpaired) electrons. The quantitative estimate of drug-likeness (QED) is 0.840. The van der Waals surface area contributed by atoms with Gasteiger partial charge in [0.25, 0.3) is 5.91 Å². The van der Waals surface area contributed by atoms with E-state index in [4.69, 9.17) is 9.26 Å². The Balaban J connectivity index is 1.70. The maximum Gasteiger partial charge on any atom is 0.261 e. The maximum atomic E-state index is 12.6. The van der Waals surface area contributed by atoms with Crippen molar-refractivity contribution in [2.45, 2.75) is 51.2 Å². The molecule has 1 aromatic heterocycles. The van der Waals surface area contributed by atoms with Crippen LogP contribution in [0.15, 0.2) is 33.3 Å². The van der Waals surface area contributed by atoms with Gasteiger partial charge in [0.05, 0.1) is 0 Å². The summed E-state index contributed by atoms with van der Waals surface area (Å²) in [6.07, 6.45) is 3.05. The third kappa shape index (κ3) is 3.61. The summed E-state index contributed by atoms with van der Waals surface area (Å²) in [5, 5.41) is 7.12. The molecule has 0 aliphatic heterocycles. The Morgan fingerprint density at radius 2 is 2.00 bits per heavy atom. The highest BCUT2D eigenvalue weighted by Crippen LogP contribution is 2.37. The lowest BCUT2D eigenvalue weighted by Gasteiger charge is -2.28. The molecule has 1 amide bonds. The van der Waals surface area contributed by atoms with Gasteiger partial charge in [-0.15, -0.1) is 0 Å². The number of amides is 1. The van der Waals surface area contributed by atoms with E-state index in [0.29, 0.717) is 17.5 Å². The summed E-state index contributed by atoms with van der Waals surface area (Å²) in [5.74, 6) is 1.53. The third-order valence-corrected chi connectivity index (χ3v) is 4.80. The zero-order valence-corrected chi connectivity index (χ0v) is 15.3. The van der Waals surface area contributed by atoms with Crippen LogP contribution in [0, 0.1) is 6.92 Å². The lowest BCUT2D eigenvalue weighted by Crippen LogP contribution is -2.49. The molecular weight excluding hydrogens is 374 g/mol. The van der Waals surface area contributed by atoms with E-state index in [-0.39, 0.29) is 5.91 Å². The Morgan fingerprint density at radius 3 is 2.58 bits per heavy atom. The fourth-order valence-electron chi connectivity index (χ4n) is 2.98. The molecule has 24 heavy (non-hydrogen) atoms. The molecule has 1 unspecified atom stereocenters. The summed E-state index contributed by atoms with van der Waals surface area (Å²) in [6, 6.07) is 7.39. The molecule has 3 rings (SSSR count). The smallest absolute Gasteiger partial charge is 0.261 e. The van der Waals surface area contributed by atoms with Crippen molar-refractivity contribution in [2.24, 2.45) is 0 Å². The van der Waals surface area contributed by atoms with Crippen molar-refractivity contribution in [1.82, 2.24) is 15.5 Å². The molecule has 0 bridgehead atoms. The van der Waals surface area contributed by atoms with Crippen LogP contribution in [0.2, 0.25) is 0 Å². The van der Waals surface area contributed by atoms with Gasteiger partial charge in [0.2, 0.25) is 5.89 Å². The fourth-order valence-corrected chi connectivity index (χ4v) is 3.25. The number of rotatable bonds is 5. The monoisotopic (exact) mass is 393 g/mol. The molecule has 1 aliphatic rings. The van der Waals surface area contributed by atoms with Gasteiger partial charge >= 0.3 is 0 Å². The number of aromatic nitrogens is 2. The van der Waals surface area contributed by atoms with Gasteiger partial charge in [0.15, 0.2) is 11.9 Å². The lowest BCUT2D eigenvalue weighted by molar-refractivity contribution is -0.129. The van der Waals surface area contributed by atoms with Gasteiger partial charge in [0.1, 0.15) is 11.3 Å². The number of halogens is 1. The first-order chi connectivity index (χ1) is 11.5. The van der Waals surface area contributed by atoms with E-state index in [1.54, 1.807) is 13.8 Å². The summed E-state index contributed by atoms with van der Waals surface area (Å²) in [4.78, 5) is 17.0. The second kappa shape index (κ2) is 6.93. The maximum absolute atomic E-state index is 12.6. The molecule has 1 aliphatic carbocycles. The number of ether oxygens (including phenoxy) is 1. The molecular formula is C17H20BrN3O3. The van der Waals surface area contributed by atoms with Crippen molar-refractivity contribution >= 4 is 21.8 Å². The normalized spacial score (nSPS) is 17.5. The van der Waals surface area contributed by atoms with Crippen molar-refractivity contribution in [1.29, 1.82) is 0 Å². The first-order valence-electron chi connectivity index (χ1n) is 8.03. The standard InChI is InChI=1S/C17H20BrN3O3/c1-11(23-14-7-5-13(18)6-8-14)15(22)20-17(9-3-4-10-17)16-19-12(2)24-21-16/h5-8,11H,3-4,9-10H2,1-2H3,(H,20,22).